The van der Waals surface area contributed by atoms with Crippen LogP contribution < -0.4 is 4.74 Å². The summed E-state index contributed by atoms with van der Waals surface area (Å²) in [5, 5.41) is 9.67. The van der Waals surface area contributed by atoms with Gasteiger partial charge in [-0.25, -0.2) is 4.79 Å². The monoisotopic (exact) mass is 378 g/mol. The zero-order chi connectivity index (χ0) is 19.7. The van der Waals surface area contributed by atoms with Crippen LogP contribution in [0, 0.1) is 0 Å². The van der Waals surface area contributed by atoms with Gasteiger partial charge in [-0.05, 0) is 18.6 Å². The number of ether oxygens (including phenoxy) is 2. The Labute approximate surface area is 165 Å². The summed E-state index contributed by atoms with van der Waals surface area (Å²) < 4.78 is 10.3. The number of esters is 1. The number of hydrogen-bond donors (Lipinski definition) is 1. The fourth-order valence-corrected chi connectivity index (χ4v) is 3.21. The summed E-state index contributed by atoms with van der Waals surface area (Å²) in [6.45, 7) is 2.86. The maximum Gasteiger partial charge on any atom is 0.338 e. The van der Waals surface area contributed by atoms with Gasteiger partial charge < -0.3 is 14.6 Å². The molecule has 1 aromatic rings. The molecule has 0 atom stereocenters. The Morgan fingerprint density at radius 1 is 0.815 bits per heavy atom. The third-order valence-corrected chi connectivity index (χ3v) is 4.83. The van der Waals surface area contributed by atoms with Gasteiger partial charge in [0.25, 0.3) is 0 Å². The first kappa shape index (κ1) is 23.3. The SMILES string of the molecule is CCCCCCCCCCCCCCCOc1cc(O)cc(C(=O)OC)c1. The summed E-state index contributed by atoms with van der Waals surface area (Å²) in [7, 11) is 1.32. The number of unbranched alkanes of at least 4 members (excludes halogenated alkanes) is 12. The minimum absolute atomic E-state index is 0.0123. The first-order chi connectivity index (χ1) is 13.2. The Hall–Kier alpha value is -1.71. The second kappa shape index (κ2) is 15.4. The van der Waals surface area contributed by atoms with Crippen molar-refractivity contribution in [2.75, 3.05) is 13.7 Å². The fourth-order valence-electron chi connectivity index (χ4n) is 3.21. The summed E-state index contributed by atoms with van der Waals surface area (Å²) in [6.07, 6.45) is 17.1. The Bertz CT molecular complexity index is 513. The van der Waals surface area contributed by atoms with E-state index in [9.17, 15) is 9.90 Å². The van der Waals surface area contributed by atoms with E-state index in [-0.39, 0.29) is 5.75 Å². The van der Waals surface area contributed by atoms with Gasteiger partial charge in [0.2, 0.25) is 0 Å². The molecule has 154 valence electrons. The first-order valence-corrected chi connectivity index (χ1v) is 10.7. The van der Waals surface area contributed by atoms with Crippen molar-refractivity contribution in [3.8, 4) is 11.5 Å². The molecule has 0 fully saturated rings. The van der Waals surface area contributed by atoms with Gasteiger partial charge in [-0.1, -0.05) is 84.0 Å². The minimum atomic E-state index is -0.475. The van der Waals surface area contributed by atoms with Crippen LogP contribution in [0.5, 0.6) is 11.5 Å². The van der Waals surface area contributed by atoms with Gasteiger partial charge in [0.1, 0.15) is 11.5 Å². The number of rotatable bonds is 16. The van der Waals surface area contributed by atoms with Gasteiger partial charge in [0.15, 0.2) is 0 Å². The predicted octanol–water partition coefficient (Wildman–Crippen LogP) is 6.65. The quantitative estimate of drug-likeness (QED) is 0.258. The van der Waals surface area contributed by atoms with Gasteiger partial charge in [-0.15, -0.1) is 0 Å². The molecule has 0 radical (unpaired) electrons. The molecular formula is C23H38O4. The smallest absolute Gasteiger partial charge is 0.338 e. The van der Waals surface area contributed by atoms with Crippen molar-refractivity contribution in [1.29, 1.82) is 0 Å². The molecule has 0 saturated carbocycles. The minimum Gasteiger partial charge on any atom is -0.508 e. The molecule has 1 rings (SSSR count). The number of hydrogen-bond acceptors (Lipinski definition) is 4. The Kier molecular flexibility index (Phi) is 13.3. The molecule has 27 heavy (non-hydrogen) atoms. The van der Waals surface area contributed by atoms with Crippen LogP contribution in [0.1, 0.15) is 101 Å². The summed E-state index contributed by atoms with van der Waals surface area (Å²) in [5.74, 6) is 0.0457. The average Bonchev–Trinajstić information content (AvgIpc) is 2.67. The van der Waals surface area contributed by atoms with Crippen LogP contribution in [0.25, 0.3) is 0 Å². The topological polar surface area (TPSA) is 55.8 Å². The van der Waals surface area contributed by atoms with Crippen LogP contribution in [0.15, 0.2) is 18.2 Å². The highest BCUT2D eigenvalue weighted by atomic mass is 16.5. The summed E-state index contributed by atoms with van der Waals surface area (Å²) in [6, 6.07) is 4.51. The number of benzene rings is 1. The molecule has 4 heteroatoms. The third-order valence-electron chi connectivity index (χ3n) is 4.83. The predicted molar refractivity (Wildman–Crippen MR) is 111 cm³/mol. The van der Waals surface area contributed by atoms with Gasteiger partial charge in [0.05, 0.1) is 19.3 Å². The van der Waals surface area contributed by atoms with E-state index < -0.39 is 5.97 Å². The number of phenols is 1. The molecule has 0 unspecified atom stereocenters. The van der Waals surface area contributed by atoms with Crippen molar-refractivity contribution in [2.24, 2.45) is 0 Å². The van der Waals surface area contributed by atoms with Crippen molar-refractivity contribution >= 4 is 5.97 Å². The molecule has 0 heterocycles. The van der Waals surface area contributed by atoms with Crippen molar-refractivity contribution in [3.63, 3.8) is 0 Å². The molecular weight excluding hydrogens is 340 g/mol. The van der Waals surface area contributed by atoms with Crippen LogP contribution >= 0.6 is 0 Å². The molecule has 4 nitrogen and oxygen atoms in total. The highest BCUT2D eigenvalue weighted by Gasteiger charge is 2.09. The van der Waals surface area contributed by atoms with Crippen LogP contribution in [-0.4, -0.2) is 24.8 Å². The Morgan fingerprint density at radius 2 is 1.33 bits per heavy atom. The van der Waals surface area contributed by atoms with Crippen LogP contribution in [0.2, 0.25) is 0 Å². The van der Waals surface area contributed by atoms with Crippen molar-refractivity contribution in [1.82, 2.24) is 0 Å². The van der Waals surface area contributed by atoms with E-state index in [0.29, 0.717) is 17.9 Å². The normalized spacial score (nSPS) is 10.7. The van der Waals surface area contributed by atoms with Crippen LogP contribution in [-0.2, 0) is 4.74 Å². The lowest BCUT2D eigenvalue weighted by atomic mass is 10.0. The van der Waals surface area contributed by atoms with Gasteiger partial charge >= 0.3 is 5.97 Å². The lowest BCUT2D eigenvalue weighted by Crippen LogP contribution is -2.03. The average molecular weight is 379 g/mol. The largest absolute Gasteiger partial charge is 0.508 e. The second-order valence-corrected chi connectivity index (χ2v) is 7.30. The van der Waals surface area contributed by atoms with E-state index in [0.717, 1.165) is 12.8 Å². The summed E-state index contributed by atoms with van der Waals surface area (Å²) >= 11 is 0. The van der Waals surface area contributed by atoms with Crippen molar-refractivity contribution < 1.29 is 19.4 Å². The highest BCUT2D eigenvalue weighted by Crippen LogP contribution is 2.22. The molecule has 0 aliphatic carbocycles. The molecule has 0 saturated heterocycles. The number of carbonyl (C=O) groups excluding carboxylic acids is 1. The van der Waals surface area contributed by atoms with E-state index in [1.807, 2.05) is 0 Å². The summed E-state index contributed by atoms with van der Waals surface area (Å²) in [4.78, 5) is 11.5. The second-order valence-electron chi connectivity index (χ2n) is 7.30. The number of carbonyl (C=O) groups is 1. The van der Waals surface area contributed by atoms with Gasteiger partial charge in [0, 0.05) is 6.07 Å². The maximum absolute atomic E-state index is 11.5. The summed E-state index contributed by atoms with van der Waals surface area (Å²) in [5.41, 5.74) is 0.304. The molecule has 0 aromatic heterocycles. The van der Waals surface area contributed by atoms with Crippen LogP contribution in [0.4, 0.5) is 0 Å². The standard InChI is InChI=1S/C23H38O4/c1-3-4-5-6-7-8-9-10-11-12-13-14-15-16-27-22-18-20(23(25)26-2)17-21(24)19-22/h17-19,24H,3-16H2,1-2H3. The third kappa shape index (κ3) is 11.6. The molecule has 1 N–H and O–H groups in total. The zero-order valence-electron chi connectivity index (χ0n) is 17.3. The van der Waals surface area contributed by atoms with Crippen molar-refractivity contribution in [2.45, 2.75) is 90.4 Å². The zero-order valence-corrected chi connectivity index (χ0v) is 17.3. The van der Waals surface area contributed by atoms with Crippen LogP contribution in [0.3, 0.4) is 0 Å². The van der Waals surface area contributed by atoms with E-state index in [4.69, 9.17) is 4.74 Å². The molecule has 1 aromatic carbocycles. The van der Waals surface area contributed by atoms with Gasteiger partial charge in [-0.3, -0.25) is 0 Å². The molecule has 0 amide bonds. The van der Waals surface area contributed by atoms with E-state index >= 15 is 0 Å². The fraction of sp³-hybridized carbons (Fsp3) is 0.696. The highest BCUT2D eigenvalue weighted by molar-refractivity contribution is 5.90. The Morgan fingerprint density at radius 3 is 1.85 bits per heavy atom. The number of aromatic hydroxyl groups is 1. The lowest BCUT2D eigenvalue weighted by molar-refractivity contribution is 0.0599. The van der Waals surface area contributed by atoms with Crippen molar-refractivity contribution in [3.05, 3.63) is 23.8 Å². The molecule has 0 spiro atoms. The Balaban J connectivity index is 1.99. The lowest BCUT2D eigenvalue weighted by Gasteiger charge is -2.08. The van der Waals surface area contributed by atoms with E-state index in [1.165, 1.54) is 89.9 Å². The first-order valence-electron chi connectivity index (χ1n) is 10.7. The number of phenolic OH excluding ortho intramolecular Hbond substituents is 1. The maximum atomic E-state index is 11.5. The van der Waals surface area contributed by atoms with E-state index in [1.54, 1.807) is 6.07 Å². The number of methoxy groups -OCH3 is 1. The molecule has 0 aliphatic heterocycles. The van der Waals surface area contributed by atoms with Gasteiger partial charge in [-0.2, -0.15) is 0 Å². The molecule has 0 aliphatic rings. The van der Waals surface area contributed by atoms with E-state index in [2.05, 4.69) is 11.7 Å². The molecule has 0 bridgehead atoms.